The first-order valence-electron chi connectivity index (χ1n) is 7.43. The summed E-state index contributed by atoms with van der Waals surface area (Å²) >= 11 is 1.35. The van der Waals surface area contributed by atoms with Crippen LogP contribution in [0.2, 0.25) is 0 Å². The number of ether oxygens (including phenoxy) is 1. The average Bonchev–Trinajstić information content (AvgIpc) is 3.04. The van der Waals surface area contributed by atoms with E-state index in [0.717, 1.165) is 17.8 Å². The van der Waals surface area contributed by atoms with Crippen LogP contribution in [0.1, 0.15) is 45.5 Å². The second-order valence-corrected chi connectivity index (χ2v) is 7.24. The Balaban J connectivity index is 2.00. The minimum absolute atomic E-state index is 0.234. The van der Waals surface area contributed by atoms with Crippen LogP contribution >= 0.6 is 11.3 Å². The smallest absolute Gasteiger partial charge is 0.410 e. The van der Waals surface area contributed by atoms with Gasteiger partial charge in [0.05, 0.1) is 0 Å². The van der Waals surface area contributed by atoms with Gasteiger partial charge in [-0.3, -0.25) is 15.0 Å². The second kappa shape index (κ2) is 6.60. The van der Waals surface area contributed by atoms with Crippen LogP contribution in [0.15, 0.2) is 0 Å². The van der Waals surface area contributed by atoms with Gasteiger partial charge in [-0.1, -0.05) is 18.3 Å². The molecule has 1 aromatic heterocycles. The molecular formula is C14H22N4O3S. The first-order valence-corrected chi connectivity index (χ1v) is 8.24. The number of anilines is 1. The largest absolute Gasteiger partial charge is 0.444 e. The lowest BCUT2D eigenvalue weighted by molar-refractivity contribution is -0.120. The number of nitrogens with zero attached hydrogens (tertiary/aromatic N) is 3. The molecule has 22 heavy (non-hydrogen) atoms. The van der Waals surface area contributed by atoms with Crippen LogP contribution in [-0.4, -0.2) is 45.3 Å². The van der Waals surface area contributed by atoms with E-state index in [-0.39, 0.29) is 5.91 Å². The number of hydrogen-bond acceptors (Lipinski definition) is 6. The van der Waals surface area contributed by atoms with E-state index in [1.807, 2.05) is 27.7 Å². The molecule has 1 fully saturated rings. The average molecular weight is 326 g/mol. The van der Waals surface area contributed by atoms with Gasteiger partial charge < -0.3 is 4.74 Å². The summed E-state index contributed by atoms with van der Waals surface area (Å²) in [5, 5.41) is 12.0. The molecule has 1 aliphatic heterocycles. The summed E-state index contributed by atoms with van der Waals surface area (Å²) in [6.45, 7) is 7.94. The first-order chi connectivity index (χ1) is 10.3. The van der Waals surface area contributed by atoms with Crippen LogP contribution in [0, 0.1) is 0 Å². The van der Waals surface area contributed by atoms with Gasteiger partial charge in [-0.2, -0.15) is 0 Å². The van der Waals surface area contributed by atoms with Crippen molar-refractivity contribution in [3.8, 4) is 0 Å². The number of aromatic nitrogens is 2. The third-order valence-electron chi connectivity index (χ3n) is 3.18. The Hall–Kier alpha value is -1.70. The van der Waals surface area contributed by atoms with Gasteiger partial charge in [0.15, 0.2) is 0 Å². The monoisotopic (exact) mass is 326 g/mol. The van der Waals surface area contributed by atoms with E-state index in [9.17, 15) is 9.59 Å². The van der Waals surface area contributed by atoms with Crippen molar-refractivity contribution in [1.82, 2.24) is 15.1 Å². The lowest BCUT2D eigenvalue weighted by Gasteiger charge is -2.27. The molecule has 0 aromatic carbocycles. The highest BCUT2D eigenvalue weighted by atomic mass is 32.1. The molecule has 1 aliphatic rings. The standard InChI is InChI=1S/C14H22N4O3S/c1-5-10-16-17-12(22-10)15-11(19)9-7-6-8-18(9)13(20)21-14(2,3)4/h9H,5-8H2,1-4H3,(H,15,17,19)/t9-/m0/s1. The van der Waals surface area contributed by atoms with Crippen molar-refractivity contribution in [1.29, 1.82) is 0 Å². The van der Waals surface area contributed by atoms with Gasteiger partial charge >= 0.3 is 6.09 Å². The van der Waals surface area contributed by atoms with Crippen LogP contribution in [0.5, 0.6) is 0 Å². The number of amides is 2. The number of carbonyl (C=O) groups excluding carboxylic acids is 2. The zero-order valence-electron chi connectivity index (χ0n) is 13.4. The SMILES string of the molecule is CCc1nnc(NC(=O)[C@@H]2CCCN2C(=O)OC(C)(C)C)s1. The van der Waals surface area contributed by atoms with Crippen molar-refractivity contribution in [2.45, 2.75) is 58.6 Å². The fraction of sp³-hybridized carbons (Fsp3) is 0.714. The van der Waals surface area contributed by atoms with Gasteiger partial charge in [0.1, 0.15) is 16.7 Å². The summed E-state index contributed by atoms with van der Waals surface area (Å²) in [7, 11) is 0. The number of likely N-dealkylation sites (tertiary alicyclic amines) is 1. The van der Waals surface area contributed by atoms with Gasteiger partial charge in [-0.15, -0.1) is 10.2 Å². The predicted molar refractivity (Wildman–Crippen MR) is 83.9 cm³/mol. The topological polar surface area (TPSA) is 84.4 Å². The lowest BCUT2D eigenvalue weighted by Crippen LogP contribution is -2.45. The van der Waals surface area contributed by atoms with Crippen LogP contribution in [0.3, 0.4) is 0 Å². The normalized spacial score (nSPS) is 18.4. The van der Waals surface area contributed by atoms with E-state index >= 15 is 0 Å². The predicted octanol–water partition coefficient (Wildman–Crippen LogP) is 2.44. The van der Waals surface area contributed by atoms with E-state index in [0.29, 0.717) is 18.1 Å². The van der Waals surface area contributed by atoms with Crippen molar-refractivity contribution < 1.29 is 14.3 Å². The van der Waals surface area contributed by atoms with Crippen molar-refractivity contribution >= 4 is 28.5 Å². The van der Waals surface area contributed by atoms with Crippen LogP contribution in [-0.2, 0) is 16.0 Å². The van der Waals surface area contributed by atoms with Crippen LogP contribution < -0.4 is 5.32 Å². The van der Waals surface area contributed by atoms with Gasteiger partial charge in [-0.25, -0.2) is 4.79 Å². The Morgan fingerprint density at radius 2 is 2.14 bits per heavy atom. The van der Waals surface area contributed by atoms with Gasteiger partial charge in [0.25, 0.3) is 0 Å². The zero-order valence-corrected chi connectivity index (χ0v) is 14.2. The van der Waals surface area contributed by atoms with Crippen molar-refractivity contribution in [2.24, 2.45) is 0 Å². The Bertz CT molecular complexity index is 553. The molecule has 1 saturated heterocycles. The van der Waals surface area contributed by atoms with E-state index < -0.39 is 17.7 Å². The quantitative estimate of drug-likeness (QED) is 0.922. The van der Waals surface area contributed by atoms with Gasteiger partial charge in [0.2, 0.25) is 11.0 Å². The van der Waals surface area contributed by atoms with Gasteiger partial charge in [0, 0.05) is 6.54 Å². The summed E-state index contributed by atoms with van der Waals surface area (Å²) in [5.41, 5.74) is -0.573. The number of aryl methyl sites for hydroxylation is 1. The highest BCUT2D eigenvalue weighted by Gasteiger charge is 2.36. The molecule has 2 rings (SSSR count). The Labute approximate surface area is 134 Å². The molecule has 0 saturated carbocycles. The number of hydrogen-bond donors (Lipinski definition) is 1. The maximum Gasteiger partial charge on any atom is 0.410 e. The molecule has 0 bridgehead atoms. The fourth-order valence-corrected chi connectivity index (χ4v) is 2.90. The molecule has 0 aliphatic carbocycles. The van der Waals surface area contributed by atoms with Crippen LogP contribution in [0.4, 0.5) is 9.93 Å². The molecule has 1 atom stereocenters. The second-order valence-electron chi connectivity index (χ2n) is 6.18. The summed E-state index contributed by atoms with van der Waals surface area (Å²) in [4.78, 5) is 26.0. The number of nitrogens with one attached hydrogen (secondary N) is 1. The maximum absolute atomic E-state index is 12.4. The first kappa shape index (κ1) is 16.7. The summed E-state index contributed by atoms with van der Waals surface area (Å²) < 4.78 is 5.36. The molecule has 0 radical (unpaired) electrons. The lowest BCUT2D eigenvalue weighted by atomic mass is 10.2. The molecule has 1 N–H and O–H groups in total. The Morgan fingerprint density at radius 1 is 1.41 bits per heavy atom. The number of carbonyl (C=O) groups is 2. The molecule has 122 valence electrons. The molecular weight excluding hydrogens is 304 g/mol. The summed E-state index contributed by atoms with van der Waals surface area (Å²) in [6, 6.07) is -0.510. The molecule has 2 amide bonds. The number of rotatable bonds is 3. The third kappa shape index (κ3) is 4.16. The molecule has 0 unspecified atom stereocenters. The third-order valence-corrected chi connectivity index (χ3v) is 4.17. The Kier molecular flexibility index (Phi) is 5.00. The highest BCUT2D eigenvalue weighted by molar-refractivity contribution is 7.15. The molecule has 2 heterocycles. The van der Waals surface area contributed by atoms with E-state index in [4.69, 9.17) is 4.74 Å². The van der Waals surface area contributed by atoms with E-state index in [1.54, 1.807) is 0 Å². The molecule has 1 aromatic rings. The molecule has 7 nitrogen and oxygen atoms in total. The molecule has 8 heteroatoms. The van der Waals surface area contributed by atoms with Crippen LogP contribution in [0.25, 0.3) is 0 Å². The van der Waals surface area contributed by atoms with Gasteiger partial charge in [-0.05, 0) is 40.0 Å². The van der Waals surface area contributed by atoms with E-state index in [1.165, 1.54) is 16.2 Å². The van der Waals surface area contributed by atoms with E-state index in [2.05, 4.69) is 15.5 Å². The van der Waals surface area contributed by atoms with Crippen molar-refractivity contribution in [2.75, 3.05) is 11.9 Å². The summed E-state index contributed by atoms with van der Waals surface area (Å²) in [6.07, 6.45) is 1.75. The highest BCUT2D eigenvalue weighted by Crippen LogP contribution is 2.23. The maximum atomic E-state index is 12.4. The minimum atomic E-state index is -0.573. The van der Waals surface area contributed by atoms with Crippen molar-refractivity contribution in [3.05, 3.63) is 5.01 Å². The molecule has 0 spiro atoms. The summed E-state index contributed by atoms with van der Waals surface area (Å²) in [5.74, 6) is -0.234. The van der Waals surface area contributed by atoms with Crippen molar-refractivity contribution in [3.63, 3.8) is 0 Å². The zero-order chi connectivity index (χ0) is 16.3. The fourth-order valence-electron chi connectivity index (χ4n) is 2.21. The Morgan fingerprint density at radius 3 is 2.73 bits per heavy atom. The minimum Gasteiger partial charge on any atom is -0.444 e.